The first-order valence-corrected chi connectivity index (χ1v) is 22.0. The number of thiazole rings is 1. The smallest absolute Gasteiger partial charge is 0.407 e. The second-order valence-corrected chi connectivity index (χ2v) is 19.0. The molecule has 2 aromatic carbocycles. The molecule has 0 radical (unpaired) electrons. The number of amides is 5. The number of aliphatic hydroxyl groups is 1. The lowest BCUT2D eigenvalue weighted by Gasteiger charge is -2.35. The lowest BCUT2D eigenvalue weighted by atomic mass is 9.85. The molecule has 61 heavy (non-hydrogen) atoms. The molecule has 1 saturated heterocycles. The molecular weight excluding hydrogens is 797 g/mol. The van der Waals surface area contributed by atoms with E-state index in [2.05, 4.69) is 20.9 Å². The Balaban J connectivity index is 1.25. The molecule has 0 saturated carbocycles. The standard InChI is InChI=1S/C46H66N6O8S/c1-28(33-18-20-34(21-19-33)40-29(2)48-27-61-40)49-42(56)37-24-35(53)25-52(37)43(57)41(45(4,5)6)51-39(55)13-11-10-12-31-14-16-32(17-15-31)26-59-30(3)36(22-23-38(47)54)50-44(58)60-46(7,8)9/h14-21,27-28,30,35-37,41,53H,10-13,22-26H2,1-9H3,(H2,47,54)(H,49,56)(H,50,58)(H,51,55)/t28-,30+,35+,36-,37-,41+/m0/s1. The van der Waals surface area contributed by atoms with E-state index in [-0.39, 0.29) is 43.7 Å². The summed E-state index contributed by atoms with van der Waals surface area (Å²) in [6.45, 7) is 16.9. The number of alkyl carbamates (subject to hydrolysis) is 1. The minimum absolute atomic E-state index is 0.00335. The predicted molar refractivity (Wildman–Crippen MR) is 236 cm³/mol. The van der Waals surface area contributed by atoms with E-state index in [0.717, 1.165) is 45.7 Å². The molecule has 0 bridgehead atoms. The summed E-state index contributed by atoms with van der Waals surface area (Å²) in [4.78, 5) is 71.7. The zero-order valence-corrected chi connectivity index (χ0v) is 38.0. The predicted octanol–water partition coefficient (Wildman–Crippen LogP) is 6.27. The third-order valence-electron chi connectivity index (χ3n) is 10.7. The van der Waals surface area contributed by atoms with Crippen molar-refractivity contribution in [1.29, 1.82) is 0 Å². The highest BCUT2D eigenvalue weighted by Crippen LogP contribution is 2.30. The van der Waals surface area contributed by atoms with Gasteiger partial charge in [0.2, 0.25) is 23.6 Å². The van der Waals surface area contributed by atoms with Gasteiger partial charge >= 0.3 is 6.09 Å². The topological polar surface area (TPSA) is 202 Å². The zero-order valence-electron chi connectivity index (χ0n) is 37.2. The van der Waals surface area contributed by atoms with Gasteiger partial charge in [-0.2, -0.15) is 0 Å². The number of primary amides is 1. The minimum Gasteiger partial charge on any atom is -0.444 e. The SMILES string of the molecule is Cc1ncsc1-c1ccc([C@H](C)NC(=O)[C@@H]2C[C@@H](O)CN2C(=O)[C@@H](NC(=O)CCCCc2ccc(CO[C@H](C)[C@H](CCC(N)=O)NC(=O)OC(C)(C)C)cc2)C(C)(C)C)cc1. The summed E-state index contributed by atoms with van der Waals surface area (Å²) in [5.74, 6) is -1.47. The number of likely N-dealkylation sites (tertiary alicyclic amines) is 1. The average molecular weight is 863 g/mol. The fourth-order valence-electron chi connectivity index (χ4n) is 7.19. The van der Waals surface area contributed by atoms with Gasteiger partial charge < -0.3 is 41.2 Å². The zero-order chi connectivity index (χ0) is 45.1. The van der Waals surface area contributed by atoms with E-state index in [1.165, 1.54) is 4.90 Å². The molecule has 1 aliphatic heterocycles. The maximum absolute atomic E-state index is 14.1. The van der Waals surface area contributed by atoms with Gasteiger partial charge in [0, 0.05) is 25.8 Å². The van der Waals surface area contributed by atoms with Crippen LogP contribution < -0.4 is 21.7 Å². The van der Waals surface area contributed by atoms with Crippen molar-refractivity contribution >= 4 is 41.1 Å². The fraction of sp³-hybridized carbons (Fsp3) is 0.565. The molecule has 6 N–H and O–H groups in total. The van der Waals surface area contributed by atoms with Gasteiger partial charge in [-0.3, -0.25) is 19.2 Å². The summed E-state index contributed by atoms with van der Waals surface area (Å²) in [6, 6.07) is 13.3. The van der Waals surface area contributed by atoms with Crippen LogP contribution in [0.25, 0.3) is 10.4 Å². The van der Waals surface area contributed by atoms with Crippen molar-refractivity contribution in [3.63, 3.8) is 0 Å². The summed E-state index contributed by atoms with van der Waals surface area (Å²) in [5, 5.41) is 19.4. The fourth-order valence-corrected chi connectivity index (χ4v) is 8.00. The van der Waals surface area contributed by atoms with E-state index in [9.17, 15) is 29.1 Å². The lowest BCUT2D eigenvalue weighted by Crippen LogP contribution is -2.57. The number of benzene rings is 2. The number of nitrogens with two attached hydrogens (primary N) is 1. The molecule has 4 rings (SSSR count). The Morgan fingerprint density at radius 2 is 1.57 bits per heavy atom. The summed E-state index contributed by atoms with van der Waals surface area (Å²) in [7, 11) is 0. The Morgan fingerprint density at radius 1 is 0.918 bits per heavy atom. The molecule has 1 fully saturated rings. The molecule has 0 aliphatic carbocycles. The first-order chi connectivity index (χ1) is 28.6. The Bertz CT molecular complexity index is 1940. The van der Waals surface area contributed by atoms with E-state index < -0.39 is 59.3 Å². The quantitative estimate of drug-likeness (QED) is 0.0862. The monoisotopic (exact) mass is 862 g/mol. The molecule has 3 aromatic rings. The molecule has 0 unspecified atom stereocenters. The summed E-state index contributed by atoms with van der Waals surface area (Å²) < 4.78 is 11.4. The number of aliphatic hydroxyl groups excluding tert-OH is 1. The van der Waals surface area contributed by atoms with Gasteiger partial charge in [-0.05, 0) is 94.9 Å². The third-order valence-corrected chi connectivity index (χ3v) is 11.7. The van der Waals surface area contributed by atoms with Crippen molar-refractivity contribution in [2.24, 2.45) is 11.1 Å². The number of aromatic nitrogens is 1. The summed E-state index contributed by atoms with van der Waals surface area (Å²) >= 11 is 1.58. The van der Waals surface area contributed by atoms with Crippen LogP contribution in [0.15, 0.2) is 54.0 Å². The van der Waals surface area contributed by atoms with Gasteiger partial charge in [0.1, 0.15) is 17.7 Å². The second-order valence-electron chi connectivity index (χ2n) is 18.2. The number of carbonyl (C=O) groups excluding carboxylic acids is 5. The van der Waals surface area contributed by atoms with Crippen molar-refractivity contribution in [3.05, 3.63) is 76.4 Å². The number of carbonyl (C=O) groups is 5. The number of nitrogens with zero attached hydrogens (tertiary/aromatic N) is 2. The Morgan fingerprint density at radius 3 is 2.16 bits per heavy atom. The van der Waals surface area contributed by atoms with Crippen LogP contribution in [0, 0.1) is 12.3 Å². The lowest BCUT2D eigenvalue weighted by molar-refractivity contribution is -0.144. The number of β-amino-alcohol motifs (C(OH)–C–C–N with tert-alkyl or cyclic N) is 1. The van der Waals surface area contributed by atoms with E-state index >= 15 is 0 Å². The largest absolute Gasteiger partial charge is 0.444 e. The highest BCUT2D eigenvalue weighted by molar-refractivity contribution is 7.13. The highest BCUT2D eigenvalue weighted by atomic mass is 32.1. The van der Waals surface area contributed by atoms with Gasteiger partial charge in [-0.1, -0.05) is 69.3 Å². The molecule has 15 heteroatoms. The molecule has 1 aliphatic rings. The van der Waals surface area contributed by atoms with Gasteiger partial charge in [0.15, 0.2) is 0 Å². The van der Waals surface area contributed by atoms with Crippen LogP contribution in [0.5, 0.6) is 0 Å². The second kappa shape index (κ2) is 21.8. The van der Waals surface area contributed by atoms with Crippen LogP contribution >= 0.6 is 11.3 Å². The van der Waals surface area contributed by atoms with Gasteiger partial charge in [-0.25, -0.2) is 9.78 Å². The van der Waals surface area contributed by atoms with Gasteiger partial charge in [-0.15, -0.1) is 11.3 Å². The van der Waals surface area contributed by atoms with Crippen LogP contribution in [0.2, 0.25) is 0 Å². The molecule has 6 atom stereocenters. The van der Waals surface area contributed by atoms with Crippen molar-refractivity contribution in [1.82, 2.24) is 25.8 Å². The molecule has 334 valence electrons. The van der Waals surface area contributed by atoms with Crippen LogP contribution in [0.3, 0.4) is 0 Å². The Labute approximate surface area is 364 Å². The van der Waals surface area contributed by atoms with Gasteiger partial charge in [0.25, 0.3) is 0 Å². The highest BCUT2D eigenvalue weighted by Gasteiger charge is 2.44. The molecule has 1 aromatic heterocycles. The normalized spacial score (nSPS) is 17.5. The maximum atomic E-state index is 14.1. The number of hydrogen-bond donors (Lipinski definition) is 5. The Hall–Kier alpha value is -4.86. The van der Waals surface area contributed by atoms with E-state index in [1.54, 1.807) is 32.1 Å². The van der Waals surface area contributed by atoms with Crippen molar-refractivity contribution < 1.29 is 38.6 Å². The first-order valence-electron chi connectivity index (χ1n) is 21.2. The average Bonchev–Trinajstić information content (AvgIpc) is 3.80. The Kier molecular flexibility index (Phi) is 17.4. The molecule has 14 nitrogen and oxygen atoms in total. The number of nitrogens with one attached hydrogen (secondary N) is 3. The molecule has 5 amide bonds. The first kappa shape index (κ1) is 48.8. The van der Waals surface area contributed by atoms with E-state index in [4.69, 9.17) is 15.2 Å². The van der Waals surface area contributed by atoms with Crippen LogP contribution in [-0.2, 0) is 41.7 Å². The summed E-state index contributed by atoms with van der Waals surface area (Å²) in [5.41, 5.74) is 10.8. The van der Waals surface area contributed by atoms with Crippen molar-refractivity contribution in [2.75, 3.05) is 6.54 Å². The minimum atomic E-state index is -0.898. The summed E-state index contributed by atoms with van der Waals surface area (Å²) in [6.07, 6.45) is 0.968. The number of rotatable bonds is 19. The van der Waals surface area contributed by atoms with E-state index in [1.807, 2.05) is 95.6 Å². The van der Waals surface area contributed by atoms with Gasteiger partial charge in [0.05, 0.1) is 47.0 Å². The number of unbranched alkanes of at least 4 members (excludes halogenated alkanes) is 1. The van der Waals surface area contributed by atoms with Crippen LogP contribution in [-0.4, -0.2) is 87.2 Å². The maximum Gasteiger partial charge on any atom is 0.407 e. The molecule has 2 heterocycles. The van der Waals surface area contributed by atoms with Crippen molar-refractivity contribution in [3.8, 4) is 10.4 Å². The molecular formula is C46H66N6O8S. The van der Waals surface area contributed by atoms with Crippen molar-refractivity contribution in [2.45, 2.75) is 156 Å². The van der Waals surface area contributed by atoms with E-state index in [0.29, 0.717) is 19.4 Å². The third kappa shape index (κ3) is 15.2. The van der Waals surface area contributed by atoms with Crippen LogP contribution in [0.4, 0.5) is 4.79 Å². The molecule has 0 spiro atoms. The number of aryl methyl sites for hydroxylation is 2. The number of hydrogen-bond acceptors (Lipinski definition) is 10. The van der Waals surface area contributed by atoms with Crippen LogP contribution in [0.1, 0.15) is 122 Å². The number of ether oxygens (including phenoxy) is 2.